The van der Waals surface area contributed by atoms with Gasteiger partial charge in [-0.3, -0.25) is 9.59 Å². The van der Waals surface area contributed by atoms with E-state index in [0.717, 1.165) is 0 Å². The van der Waals surface area contributed by atoms with Gasteiger partial charge in [-0.1, -0.05) is 0 Å². The summed E-state index contributed by atoms with van der Waals surface area (Å²) < 4.78 is 0. The molecule has 5 nitrogen and oxygen atoms in total. The lowest BCUT2D eigenvalue weighted by Crippen LogP contribution is -2.25. The maximum Gasteiger partial charge on any atom is 0.262 e. The molecule has 0 spiro atoms. The molecule has 0 fully saturated rings. The number of H-pyrrole nitrogens is 1. The summed E-state index contributed by atoms with van der Waals surface area (Å²) in [7, 11) is 1.68. The lowest BCUT2D eigenvalue weighted by atomic mass is 10.1. The van der Waals surface area contributed by atoms with Crippen LogP contribution in [0.5, 0.6) is 0 Å². The highest BCUT2D eigenvalue weighted by atomic mass is 16.2. The molecule has 1 rings (SSSR count). The van der Waals surface area contributed by atoms with Crippen LogP contribution in [-0.2, 0) is 0 Å². The zero-order valence-electron chi connectivity index (χ0n) is 7.47. The smallest absolute Gasteiger partial charge is 0.262 e. The molecule has 0 bridgehead atoms. The Balaban J connectivity index is 3.40. The molecule has 0 unspecified atom stereocenters. The van der Waals surface area contributed by atoms with Gasteiger partial charge in [-0.25, -0.2) is 0 Å². The molecule has 70 valence electrons. The predicted molar refractivity (Wildman–Crippen MR) is 49.9 cm³/mol. The van der Waals surface area contributed by atoms with Crippen molar-refractivity contribution in [1.82, 2.24) is 4.98 Å². The van der Waals surface area contributed by atoms with Crippen LogP contribution in [0.15, 0.2) is 10.9 Å². The fraction of sp³-hybridized carbons (Fsp3) is 0.250. The standard InChI is InChI=1S/C8H11N3O2/c1-4-3-5(10-2)11-8(13)6(4)7(9)12/h3H,1-2H3,(H2,9,12)(H2,10,11,13). The van der Waals surface area contributed by atoms with Crippen LogP contribution >= 0.6 is 0 Å². The van der Waals surface area contributed by atoms with Gasteiger partial charge in [0.2, 0.25) is 0 Å². The molecule has 0 aliphatic carbocycles. The van der Waals surface area contributed by atoms with Crippen molar-refractivity contribution in [2.24, 2.45) is 5.73 Å². The molecule has 0 aliphatic rings. The van der Waals surface area contributed by atoms with Crippen LogP contribution in [0.1, 0.15) is 15.9 Å². The Labute approximate surface area is 75.0 Å². The molecule has 0 radical (unpaired) electrons. The Morgan fingerprint density at radius 1 is 1.62 bits per heavy atom. The number of anilines is 1. The number of primary amides is 1. The van der Waals surface area contributed by atoms with Crippen LogP contribution in [0.2, 0.25) is 0 Å². The molecule has 13 heavy (non-hydrogen) atoms. The Hall–Kier alpha value is -1.78. The molecule has 1 heterocycles. The second kappa shape index (κ2) is 3.30. The van der Waals surface area contributed by atoms with Gasteiger partial charge in [0, 0.05) is 7.05 Å². The molecule has 1 amide bonds. The molecule has 0 saturated heterocycles. The number of hydrogen-bond donors (Lipinski definition) is 3. The SMILES string of the molecule is CNc1cc(C)c(C(N)=O)c(=O)[nH]1. The van der Waals surface area contributed by atoms with Gasteiger partial charge >= 0.3 is 0 Å². The Morgan fingerprint density at radius 2 is 2.23 bits per heavy atom. The largest absolute Gasteiger partial charge is 0.375 e. The van der Waals surface area contributed by atoms with E-state index >= 15 is 0 Å². The third-order valence-electron chi connectivity index (χ3n) is 1.75. The summed E-state index contributed by atoms with van der Waals surface area (Å²) in [4.78, 5) is 24.6. The highest BCUT2D eigenvalue weighted by molar-refractivity contribution is 5.94. The Morgan fingerprint density at radius 3 is 2.62 bits per heavy atom. The lowest BCUT2D eigenvalue weighted by Gasteiger charge is -2.04. The quantitative estimate of drug-likeness (QED) is 0.591. The van der Waals surface area contributed by atoms with E-state index in [-0.39, 0.29) is 5.56 Å². The minimum atomic E-state index is -0.707. The minimum absolute atomic E-state index is 0.0130. The molecule has 1 aromatic heterocycles. The number of carbonyl (C=O) groups is 1. The van der Waals surface area contributed by atoms with E-state index in [2.05, 4.69) is 10.3 Å². The van der Waals surface area contributed by atoms with E-state index in [4.69, 9.17) is 5.73 Å². The third-order valence-corrected chi connectivity index (χ3v) is 1.75. The summed E-state index contributed by atoms with van der Waals surface area (Å²) >= 11 is 0. The van der Waals surface area contributed by atoms with Gasteiger partial charge in [-0.2, -0.15) is 0 Å². The molecule has 0 aliphatic heterocycles. The van der Waals surface area contributed by atoms with Crippen molar-refractivity contribution in [2.45, 2.75) is 6.92 Å². The van der Waals surface area contributed by atoms with Gasteiger partial charge in [0.1, 0.15) is 11.4 Å². The highest BCUT2D eigenvalue weighted by Crippen LogP contribution is 2.06. The van der Waals surface area contributed by atoms with Crippen LogP contribution in [-0.4, -0.2) is 17.9 Å². The van der Waals surface area contributed by atoms with E-state index in [0.29, 0.717) is 11.4 Å². The molecule has 0 saturated carbocycles. The fourth-order valence-electron chi connectivity index (χ4n) is 1.13. The average molecular weight is 181 g/mol. The summed E-state index contributed by atoms with van der Waals surface area (Å²) in [5.41, 5.74) is 5.15. The number of amides is 1. The Kier molecular flexibility index (Phi) is 2.36. The summed E-state index contributed by atoms with van der Waals surface area (Å²) in [5, 5.41) is 2.77. The van der Waals surface area contributed by atoms with Crippen LogP contribution in [0.4, 0.5) is 5.82 Å². The van der Waals surface area contributed by atoms with Crippen molar-refractivity contribution in [3.63, 3.8) is 0 Å². The number of aromatic nitrogens is 1. The van der Waals surface area contributed by atoms with Crippen molar-refractivity contribution < 1.29 is 4.79 Å². The van der Waals surface area contributed by atoms with Gasteiger partial charge < -0.3 is 16.0 Å². The highest BCUT2D eigenvalue weighted by Gasteiger charge is 2.10. The summed E-state index contributed by atoms with van der Waals surface area (Å²) in [6, 6.07) is 1.65. The molecule has 5 heteroatoms. The molecule has 4 N–H and O–H groups in total. The molecule has 0 aromatic carbocycles. The van der Waals surface area contributed by atoms with Crippen molar-refractivity contribution in [1.29, 1.82) is 0 Å². The first-order valence-corrected chi connectivity index (χ1v) is 3.77. The van der Waals surface area contributed by atoms with Crippen LogP contribution in [0.25, 0.3) is 0 Å². The zero-order chi connectivity index (χ0) is 10.0. The number of aromatic amines is 1. The van der Waals surface area contributed by atoms with Gasteiger partial charge in [-0.15, -0.1) is 0 Å². The average Bonchev–Trinajstić information content (AvgIpc) is 2.02. The van der Waals surface area contributed by atoms with Crippen LogP contribution in [0.3, 0.4) is 0 Å². The number of pyridine rings is 1. The summed E-state index contributed by atoms with van der Waals surface area (Å²) in [6.07, 6.45) is 0. The van der Waals surface area contributed by atoms with Gasteiger partial charge in [0.25, 0.3) is 11.5 Å². The molecule has 0 atom stereocenters. The van der Waals surface area contributed by atoms with Crippen LogP contribution in [0, 0.1) is 6.92 Å². The second-order valence-corrected chi connectivity index (χ2v) is 2.68. The monoisotopic (exact) mass is 181 g/mol. The zero-order valence-corrected chi connectivity index (χ0v) is 7.47. The summed E-state index contributed by atoms with van der Waals surface area (Å²) in [5.74, 6) is -0.145. The van der Waals surface area contributed by atoms with Crippen molar-refractivity contribution in [3.8, 4) is 0 Å². The maximum absolute atomic E-state index is 11.3. The van der Waals surface area contributed by atoms with E-state index in [1.807, 2.05) is 0 Å². The molecular weight excluding hydrogens is 170 g/mol. The van der Waals surface area contributed by atoms with E-state index < -0.39 is 11.5 Å². The third kappa shape index (κ3) is 1.69. The number of hydrogen-bond acceptors (Lipinski definition) is 3. The number of carbonyl (C=O) groups excluding carboxylic acids is 1. The first-order valence-electron chi connectivity index (χ1n) is 3.77. The first-order chi connectivity index (χ1) is 6.06. The van der Waals surface area contributed by atoms with Crippen molar-refractivity contribution in [2.75, 3.05) is 12.4 Å². The normalized spacial score (nSPS) is 9.69. The summed E-state index contributed by atoms with van der Waals surface area (Å²) in [6.45, 7) is 1.66. The Bertz CT molecular complexity index is 395. The minimum Gasteiger partial charge on any atom is -0.375 e. The van der Waals surface area contributed by atoms with E-state index in [9.17, 15) is 9.59 Å². The number of aryl methyl sites for hydroxylation is 1. The van der Waals surface area contributed by atoms with Crippen LogP contribution < -0.4 is 16.6 Å². The first kappa shape index (κ1) is 9.31. The van der Waals surface area contributed by atoms with E-state index in [1.54, 1.807) is 20.0 Å². The van der Waals surface area contributed by atoms with E-state index in [1.165, 1.54) is 0 Å². The number of nitrogens with two attached hydrogens (primary N) is 1. The molecular formula is C8H11N3O2. The topological polar surface area (TPSA) is 88.0 Å². The lowest BCUT2D eigenvalue weighted by molar-refractivity contribution is 0.0998. The molecule has 1 aromatic rings. The van der Waals surface area contributed by atoms with Gasteiger partial charge in [0.15, 0.2) is 0 Å². The number of nitrogens with one attached hydrogen (secondary N) is 2. The maximum atomic E-state index is 11.3. The van der Waals surface area contributed by atoms with Gasteiger partial charge in [-0.05, 0) is 18.6 Å². The van der Waals surface area contributed by atoms with Crippen molar-refractivity contribution >= 4 is 11.7 Å². The fourth-order valence-corrected chi connectivity index (χ4v) is 1.13. The van der Waals surface area contributed by atoms with Gasteiger partial charge in [0.05, 0.1) is 0 Å². The van der Waals surface area contributed by atoms with Crippen molar-refractivity contribution in [3.05, 3.63) is 27.5 Å². The predicted octanol–water partition coefficient (Wildman–Crippen LogP) is -0.176. The second-order valence-electron chi connectivity index (χ2n) is 2.68. The number of rotatable bonds is 2.